The lowest BCUT2D eigenvalue weighted by Crippen LogP contribution is -2.28. The summed E-state index contributed by atoms with van der Waals surface area (Å²) in [5.74, 6) is 0.617. The molecule has 0 bridgehead atoms. The van der Waals surface area contributed by atoms with Crippen LogP contribution in [0, 0.1) is 0 Å². The van der Waals surface area contributed by atoms with E-state index in [9.17, 15) is 0 Å². The van der Waals surface area contributed by atoms with E-state index in [-0.39, 0.29) is 0 Å². The molecule has 1 aliphatic heterocycles. The lowest BCUT2D eigenvalue weighted by atomic mass is 10.2. The Labute approximate surface area is 91.1 Å². The van der Waals surface area contributed by atoms with Crippen molar-refractivity contribution in [2.45, 2.75) is 32.2 Å². The molecule has 0 aromatic carbocycles. The average molecular weight is 208 g/mol. The van der Waals surface area contributed by atoms with Crippen LogP contribution in [-0.2, 0) is 6.54 Å². The van der Waals surface area contributed by atoms with Crippen LogP contribution in [0.1, 0.15) is 25.7 Å². The molecule has 2 rings (SSSR count). The van der Waals surface area contributed by atoms with Gasteiger partial charge in [-0.25, -0.2) is 0 Å². The van der Waals surface area contributed by atoms with Crippen LogP contribution < -0.4 is 5.73 Å². The second-order valence-electron chi connectivity index (χ2n) is 4.26. The minimum Gasteiger partial charge on any atom is -0.382 e. The van der Waals surface area contributed by atoms with Crippen molar-refractivity contribution >= 4 is 5.82 Å². The summed E-state index contributed by atoms with van der Waals surface area (Å²) >= 11 is 0. The fourth-order valence-electron chi connectivity index (χ4n) is 2.11. The maximum Gasteiger partial charge on any atom is 0.145 e. The number of aromatic nitrogens is 2. The van der Waals surface area contributed by atoms with E-state index < -0.39 is 0 Å². The highest BCUT2D eigenvalue weighted by Gasteiger charge is 2.08. The number of likely N-dealkylation sites (tertiary alicyclic amines) is 1. The Morgan fingerprint density at radius 3 is 2.47 bits per heavy atom. The first kappa shape index (κ1) is 10.5. The fraction of sp³-hybridized carbons (Fsp3) is 0.727. The highest BCUT2D eigenvalue weighted by molar-refractivity contribution is 5.23. The van der Waals surface area contributed by atoms with Crippen LogP contribution >= 0.6 is 0 Å². The monoisotopic (exact) mass is 208 g/mol. The fourth-order valence-corrected chi connectivity index (χ4v) is 2.11. The Kier molecular flexibility index (Phi) is 3.61. The second-order valence-corrected chi connectivity index (χ2v) is 4.26. The van der Waals surface area contributed by atoms with Gasteiger partial charge >= 0.3 is 0 Å². The Morgan fingerprint density at radius 1 is 1.13 bits per heavy atom. The van der Waals surface area contributed by atoms with Gasteiger partial charge in [-0.2, -0.15) is 5.10 Å². The topological polar surface area (TPSA) is 47.1 Å². The van der Waals surface area contributed by atoms with E-state index in [1.807, 2.05) is 16.9 Å². The maximum absolute atomic E-state index is 5.57. The molecule has 84 valence electrons. The summed E-state index contributed by atoms with van der Waals surface area (Å²) in [6.07, 6.45) is 7.44. The number of nitrogen functional groups attached to an aromatic ring is 1. The third-order valence-corrected chi connectivity index (χ3v) is 3.01. The normalized spacial score (nSPS) is 18.9. The van der Waals surface area contributed by atoms with Crippen LogP contribution in [0.15, 0.2) is 12.3 Å². The first-order valence-corrected chi connectivity index (χ1v) is 5.86. The average Bonchev–Trinajstić information content (AvgIpc) is 2.52. The first-order chi connectivity index (χ1) is 7.34. The van der Waals surface area contributed by atoms with E-state index in [2.05, 4.69) is 10.00 Å². The number of hydrogen-bond donors (Lipinski definition) is 1. The van der Waals surface area contributed by atoms with Gasteiger partial charge in [0, 0.05) is 12.7 Å². The van der Waals surface area contributed by atoms with Crippen molar-refractivity contribution in [2.75, 3.05) is 25.4 Å². The molecule has 1 aliphatic rings. The van der Waals surface area contributed by atoms with E-state index in [0.29, 0.717) is 5.82 Å². The molecule has 1 aromatic rings. The standard InChI is InChI=1S/C11H20N4/c12-11-5-8-15(13-11)10-9-14-6-3-1-2-4-7-14/h5,8H,1-4,6-7,9-10H2,(H2,12,13). The van der Waals surface area contributed by atoms with Gasteiger partial charge in [-0.3, -0.25) is 4.68 Å². The van der Waals surface area contributed by atoms with Gasteiger partial charge in [-0.15, -0.1) is 0 Å². The van der Waals surface area contributed by atoms with E-state index in [4.69, 9.17) is 5.73 Å². The number of hydrogen-bond acceptors (Lipinski definition) is 3. The van der Waals surface area contributed by atoms with Gasteiger partial charge in [-0.05, 0) is 32.0 Å². The molecule has 2 N–H and O–H groups in total. The Balaban J connectivity index is 1.76. The van der Waals surface area contributed by atoms with Crippen LogP contribution in [0.25, 0.3) is 0 Å². The Bertz CT molecular complexity index is 287. The van der Waals surface area contributed by atoms with Crippen molar-refractivity contribution < 1.29 is 0 Å². The van der Waals surface area contributed by atoms with Crippen molar-refractivity contribution in [1.29, 1.82) is 0 Å². The summed E-state index contributed by atoms with van der Waals surface area (Å²) in [7, 11) is 0. The largest absolute Gasteiger partial charge is 0.382 e. The van der Waals surface area contributed by atoms with E-state index in [1.165, 1.54) is 38.8 Å². The molecule has 0 unspecified atom stereocenters. The molecule has 0 aliphatic carbocycles. The predicted octanol–water partition coefficient (Wildman–Crippen LogP) is 1.34. The van der Waals surface area contributed by atoms with Crippen molar-refractivity contribution in [3.8, 4) is 0 Å². The number of anilines is 1. The zero-order valence-electron chi connectivity index (χ0n) is 9.23. The zero-order valence-corrected chi connectivity index (χ0v) is 9.23. The quantitative estimate of drug-likeness (QED) is 0.815. The van der Waals surface area contributed by atoms with Gasteiger partial charge in [0.2, 0.25) is 0 Å². The lowest BCUT2D eigenvalue weighted by molar-refractivity contribution is 0.269. The molecule has 0 radical (unpaired) electrons. The van der Waals surface area contributed by atoms with Crippen LogP contribution in [0.3, 0.4) is 0 Å². The molecule has 0 atom stereocenters. The van der Waals surface area contributed by atoms with Crippen LogP contribution in [0.4, 0.5) is 5.82 Å². The van der Waals surface area contributed by atoms with Gasteiger partial charge in [0.15, 0.2) is 0 Å². The van der Waals surface area contributed by atoms with Gasteiger partial charge in [0.25, 0.3) is 0 Å². The molecule has 1 aromatic heterocycles. The molecule has 4 heteroatoms. The van der Waals surface area contributed by atoms with Gasteiger partial charge in [0.05, 0.1) is 6.54 Å². The Hall–Kier alpha value is -1.03. The Morgan fingerprint density at radius 2 is 1.87 bits per heavy atom. The minimum atomic E-state index is 0.617. The minimum absolute atomic E-state index is 0.617. The van der Waals surface area contributed by atoms with Crippen molar-refractivity contribution in [3.05, 3.63) is 12.3 Å². The second kappa shape index (κ2) is 5.16. The molecule has 0 saturated carbocycles. The van der Waals surface area contributed by atoms with Gasteiger partial charge in [-0.1, -0.05) is 12.8 Å². The lowest BCUT2D eigenvalue weighted by Gasteiger charge is -2.19. The SMILES string of the molecule is Nc1ccn(CCN2CCCCCC2)n1. The highest BCUT2D eigenvalue weighted by Crippen LogP contribution is 2.09. The molecule has 1 saturated heterocycles. The smallest absolute Gasteiger partial charge is 0.145 e. The summed E-state index contributed by atoms with van der Waals surface area (Å²) in [5, 5.41) is 4.19. The number of nitrogens with two attached hydrogens (primary N) is 1. The highest BCUT2D eigenvalue weighted by atomic mass is 15.3. The van der Waals surface area contributed by atoms with Crippen LogP contribution in [0.2, 0.25) is 0 Å². The molecule has 15 heavy (non-hydrogen) atoms. The van der Waals surface area contributed by atoms with Crippen molar-refractivity contribution in [1.82, 2.24) is 14.7 Å². The number of nitrogens with zero attached hydrogens (tertiary/aromatic N) is 3. The molecule has 4 nitrogen and oxygen atoms in total. The maximum atomic E-state index is 5.57. The van der Waals surface area contributed by atoms with Crippen molar-refractivity contribution in [2.24, 2.45) is 0 Å². The van der Waals surface area contributed by atoms with E-state index in [0.717, 1.165) is 13.1 Å². The molecule has 0 amide bonds. The van der Waals surface area contributed by atoms with E-state index >= 15 is 0 Å². The summed E-state index contributed by atoms with van der Waals surface area (Å²) in [6.45, 7) is 4.55. The first-order valence-electron chi connectivity index (χ1n) is 5.86. The van der Waals surface area contributed by atoms with Gasteiger partial charge < -0.3 is 10.6 Å². The third kappa shape index (κ3) is 3.23. The molecular weight excluding hydrogens is 188 g/mol. The summed E-state index contributed by atoms with van der Waals surface area (Å²) in [5.41, 5.74) is 5.57. The number of rotatable bonds is 3. The molecule has 2 heterocycles. The van der Waals surface area contributed by atoms with Crippen LogP contribution in [-0.4, -0.2) is 34.3 Å². The molecular formula is C11H20N4. The third-order valence-electron chi connectivity index (χ3n) is 3.01. The predicted molar refractivity (Wildman–Crippen MR) is 61.5 cm³/mol. The summed E-state index contributed by atoms with van der Waals surface area (Å²) < 4.78 is 1.93. The summed E-state index contributed by atoms with van der Waals surface area (Å²) in [4.78, 5) is 2.53. The van der Waals surface area contributed by atoms with Gasteiger partial charge in [0.1, 0.15) is 5.82 Å². The zero-order chi connectivity index (χ0) is 10.5. The molecule has 0 spiro atoms. The van der Waals surface area contributed by atoms with E-state index in [1.54, 1.807) is 0 Å². The summed E-state index contributed by atoms with van der Waals surface area (Å²) in [6, 6.07) is 1.85. The van der Waals surface area contributed by atoms with Crippen molar-refractivity contribution in [3.63, 3.8) is 0 Å². The molecule has 1 fully saturated rings. The van der Waals surface area contributed by atoms with Crippen LogP contribution in [0.5, 0.6) is 0 Å².